The molecule has 4 heterocycles. The molecule has 56 heavy (non-hydrogen) atoms. The summed E-state index contributed by atoms with van der Waals surface area (Å²) in [4.78, 5) is 50.6. The molecule has 6 rings (SSSR count). The van der Waals surface area contributed by atoms with Crippen LogP contribution in [0.4, 0.5) is 20.7 Å². The van der Waals surface area contributed by atoms with Crippen molar-refractivity contribution in [2.45, 2.75) is 105 Å². The fraction of sp³-hybridized carbons (Fsp3) is 0.568. The predicted molar refractivity (Wildman–Crippen MR) is 205 cm³/mol. The molecule has 3 N–H and O–H groups in total. The average molecular weight is 801 g/mol. The summed E-state index contributed by atoms with van der Waals surface area (Å²) >= 11 is 0. The molecule has 0 radical (unpaired) electrons. The van der Waals surface area contributed by atoms with Crippen LogP contribution in [0.1, 0.15) is 81.0 Å². The summed E-state index contributed by atoms with van der Waals surface area (Å²) < 4.78 is 62.7. The first-order chi connectivity index (χ1) is 25.8. The van der Waals surface area contributed by atoms with Crippen LogP contribution in [0.15, 0.2) is 24.5 Å². The Morgan fingerprint density at radius 2 is 1.66 bits per heavy atom. The monoisotopic (exact) mass is 800 g/mol. The van der Waals surface area contributed by atoms with E-state index in [0.717, 1.165) is 11.0 Å². The number of phosphoric acid groups is 1. The number of hydrogen-bond acceptors (Lipinski definition) is 15. The van der Waals surface area contributed by atoms with Crippen molar-refractivity contribution in [3.05, 3.63) is 36.2 Å². The standard InChI is InChI=1S/C37H50FN8O9P/c1-20-40-16-23(17-41-20)52-32-43-29-27(30(44-32)46-18-21-14-37(46,39)15-25(21)31(47)53-34(2,3)4)24-12-22(38)13-26(28(24)42-29)45(11)33(48)50-19-51-56(49,54-35(5,6)7)55-36(8,9)10/h12-13,16-17,21,25H,14-15,18-19,39H2,1-11H3,(H,42,43,44)/t21-,25+,37+/m0/s1. The Kier molecular flexibility index (Phi) is 10.6. The maximum atomic E-state index is 15.6. The lowest BCUT2D eigenvalue weighted by Gasteiger charge is -2.39. The van der Waals surface area contributed by atoms with Gasteiger partial charge in [-0.25, -0.2) is 28.2 Å². The van der Waals surface area contributed by atoms with Gasteiger partial charge in [0.1, 0.15) is 28.7 Å². The van der Waals surface area contributed by atoms with Gasteiger partial charge in [0, 0.05) is 19.0 Å². The molecule has 304 valence electrons. The lowest BCUT2D eigenvalue weighted by molar-refractivity contribution is -0.161. The highest BCUT2D eigenvalue weighted by molar-refractivity contribution is 7.48. The molecule has 17 nitrogen and oxygen atoms in total. The van der Waals surface area contributed by atoms with Crippen molar-refractivity contribution in [2.75, 3.05) is 30.2 Å². The molecule has 2 aliphatic rings. The number of aromatic amines is 1. The van der Waals surface area contributed by atoms with Crippen molar-refractivity contribution in [1.29, 1.82) is 0 Å². The number of aryl methyl sites for hydroxylation is 1. The number of carbonyl (C=O) groups excluding carboxylic acids is 2. The van der Waals surface area contributed by atoms with Gasteiger partial charge in [-0.2, -0.15) is 9.97 Å². The van der Waals surface area contributed by atoms with E-state index in [1.165, 1.54) is 25.5 Å². The number of amides is 1. The topological polar surface area (TPSA) is 206 Å². The number of hydrogen-bond donors (Lipinski definition) is 2. The van der Waals surface area contributed by atoms with Crippen molar-refractivity contribution in [1.82, 2.24) is 24.9 Å². The molecule has 3 aromatic heterocycles. The number of aromatic nitrogens is 5. The van der Waals surface area contributed by atoms with Crippen LogP contribution in [0.25, 0.3) is 21.9 Å². The summed E-state index contributed by atoms with van der Waals surface area (Å²) in [5.74, 6) is -0.404. The molecule has 2 bridgehead atoms. The van der Waals surface area contributed by atoms with Crippen molar-refractivity contribution in [2.24, 2.45) is 17.6 Å². The third kappa shape index (κ3) is 9.05. The van der Waals surface area contributed by atoms with Crippen LogP contribution in [0.5, 0.6) is 11.8 Å². The molecular formula is C37H50FN8O9P. The van der Waals surface area contributed by atoms with Gasteiger partial charge >= 0.3 is 25.9 Å². The van der Waals surface area contributed by atoms with E-state index < -0.39 is 54.9 Å². The SMILES string of the molecule is Cc1ncc(Oc2nc(N3C[C@@H]4C[C@]3(N)C[C@H]4C(=O)OC(C)(C)C)c3c(n2)[nH]c2c(N(C)C(=O)OCOP(=O)(OC(C)(C)C)OC(C)(C)C)cc(F)cc23)cn1. The second-order valence-electron chi connectivity index (χ2n) is 17.2. The van der Waals surface area contributed by atoms with Crippen LogP contribution in [0.3, 0.4) is 0 Å². The number of benzene rings is 1. The van der Waals surface area contributed by atoms with Gasteiger partial charge in [0.25, 0.3) is 0 Å². The fourth-order valence-corrected chi connectivity index (χ4v) is 8.60. The first-order valence-corrected chi connectivity index (χ1v) is 19.6. The third-order valence-electron chi connectivity index (χ3n) is 8.91. The first kappa shape index (κ1) is 41.2. The van der Waals surface area contributed by atoms with Gasteiger partial charge in [-0.15, -0.1) is 0 Å². The molecule has 2 fully saturated rings. The summed E-state index contributed by atoms with van der Waals surface area (Å²) in [7, 11) is -2.83. The number of nitrogens with one attached hydrogen (secondary N) is 1. The van der Waals surface area contributed by atoms with Gasteiger partial charge in [-0.3, -0.25) is 18.7 Å². The van der Waals surface area contributed by atoms with Gasteiger partial charge in [-0.1, -0.05) is 0 Å². The Morgan fingerprint density at radius 3 is 2.23 bits per heavy atom. The summed E-state index contributed by atoms with van der Waals surface area (Å²) in [5.41, 5.74) is 4.23. The van der Waals surface area contributed by atoms with E-state index in [4.69, 9.17) is 38.5 Å². The molecule has 1 aromatic carbocycles. The highest BCUT2D eigenvalue weighted by Crippen LogP contribution is 2.55. The summed E-state index contributed by atoms with van der Waals surface area (Å²) in [6, 6.07) is 2.37. The zero-order valence-electron chi connectivity index (χ0n) is 33.6. The predicted octanol–water partition coefficient (Wildman–Crippen LogP) is 7.27. The second kappa shape index (κ2) is 14.5. The Balaban J connectivity index is 1.35. The Hall–Kier alpha value is -4.48. The van der Waals surface area contributed by atoms with E-state index in [1.807, 2.05) is 25.7 Å². The third-order valence-corrected chi connectivity index (χ3v) is 10.9. The van der Waals surface area contributed by atoms with E-state index in [9.17, 15) is 14.2 Å². The largest absolute Gasteiger partial charge is 0.478 e. The summed E-state index contributed by atoms with van der Waals surface area (Å²) in [6.45, 7) is 16.8. The number of H-pyrrole nitrogens is 1. The molecule has 1 amide bonds. The van der Waals surface area contributed by atoms with E-state index in [0.29, 0.717) is 47.3 Å². The molecule has 1 saturated heterocycles. The molecule has 1 aliphatic carbocycles. The first-order valence-electron chi connectivity index (χ1n) is 18.2. The van der Waals surface area contributed by atoms with Gasteiger partial charge in [-0.05, 0) is 100 Å². The minimum Gasteiger partial charge on any atom is -0.460 e. The number of piperidine rings is 1. The molecule has 1 aliphatic heterocycles. The minimum absolute atomic E-state index is 0.0760. The highest BCUT2D eigenvalue weighted by Gasteiger charge is 2.57. The number of fused-ring (bicyclic) bond motifs is 5. The number of rotatable bonds is 10. The van der Waals surface area contributed by atoms with Crippen molar-refractivity contribution in [3.63, 3.8) is 0 Å². The Bertz CT molecular complexity index is 2180. The van der Waals surface area contributed by atoms with Crippen LogP contribution in [-0.4, -0.2) is 79.8 Å². The number of nitrogens with two attached hydrogens (primary N) is 1. The van der Waals surface area contributed by atoms with Crippen LogP contribution >= 0.6 is 7.82 Å². The number of ether oxygens (including phenoxy) is 3. The van der Waals surface area contributed by atoms with Crippen molar-refractivity contribution < 1.29 is 46.3 Å². The fourth-order valence-electron chi connectivity index (χ4n) is 6.94. The molecular weight excluding hydrogens is 750 g/mol. The van der Waals surface area contributed by atoms with Gasteiger partial charge in [0.15, 0.2) is 5.75 Å². The Labute approximate surface area is 324 Å². The lowest BCUT2D eigenvalue weighted by Crippen LogP contribution is -2.55. The molecule has 3 atom stereocenters. The van der Waals surface area contributed by atoms with E-state index in [2.05, 4.69) is 19.9 Å². The molecule has 1 saturated carbocycles. The van der Waals surface area contributed by atoms with Crippen LogP contribution in [0.2, 0.25) is 0 Å². The van der Waals surface area contributed by atoms with Crippen LogP contribution in [0, 0.1) is 24.6 Å². The number of halogens is 1. The second-order valence-corrected chi connectivity index (χ2v) is 18.7. The quantitative estimate of drug-likeness (QED) is 0.0919. The molecule has 0 spiro atoms. The average Bonchev–Trinajstić information content (AvgIpc) is 3.70. The molecule has 19 heteroatoms. The van der Waals surface area contributed by atoms with Crippen molar-refractivity contribution >= 4 is 53.3 Å². The number of phosphoric ester groups is 1. The van der Waals surface area contributed by atoms with Crippen LogP contribution < -0.4 is 20.3 Å². The van der Waals surface area contributed by atoms with E-state index in [-0.39, 0.29) is 35.0 Å². The maximum absolute atomic E-state index is 15.6. The lowest BCUT2D eigenvalue weighted by atomic mass is 9.93. The number of anilines is 2. The number of esters is 1. The maximum Gasteiger partial charge on any atom is 0.478 e. The summed E-state index contributed by atoms with van der Waals surface area (Å²) in [6.07, 6.45) is 2.78. The normalized spacial score (nSPS) is 20.2. The smallest absolute Gasteiger partial charge is 0.460 e. The number of nitrogens with zero attached hydrogens (tertiary/aromatic N) is 6. The van der Waals surface area contributed by atoms with Crippen LogP contribution in [-0.2, 0) is 32.4 Å². The minimum atomic E-state index is -4.20. The van der Waals surface area contributed by atoms with Gasteiger partial charge in [0.2, 0.25) is 6.79 Å². The van der Waals surface area contributed by atoms with Gasteiger partial charge < -0.3 is 29.8 Å². The Morgan fingerprint density at radius 1 is 1.02 bits per heavy atom. The van der Waals surface area contributed by atoms with E-state index in [1.54, 1.807) is 48.5 Å². The zero-order chi connectivity index (χ0) is 41.2. The highest BCUT2D eigenvalue weighted by atomic mass is 31.2. The molecule has 4 aromatic rings. The zero-order valence-corrected chi connectivity index (χ0v) is 34.4. The van der Waals surface area contributed by atoms with Crippen molar-refractivity contribution in [3.8, 4) is 11.8 Å². The molecule has 0 unspecified atom stereocenters. The van der Waals surface area contributed by atoms with Gasteiger partial charge in [0.05, 0.1) is 51.8 Å². The summed E-state index contributed by atoms with van der Waals surface area (Å²) in [5, 5.41) is 0.743. The number of carbonyl (C=O) groups is 2. The van der Waals surface area contributed by atoms with E-state index >= 15 is 4.39 Å².